The summed E-state index contributed by atoms with van der Waals surface area (Å²) in [5.74, 6) is 1.84. The van der Waals surface area contributed by atoms with Gasteiger partial charge >= 0.3 is 0 Å². The van der Waals surface area contributed by atoms with Crippen LogP contribution in [0.3, 0.4) is 0 Å². The van der Waals surface area contributed by atoms with Gasteiger partial charge in [0.2, 0.25) is 0 Å². The average Bonchev–Trinajstić information content (AvgIpc) is 3.17. The van der Waals surface area contributed by atoms with Crippen molar-refractivity contribution in [3.05, 3.63) is 48.9 Å². The quantitative estimate of drug-likeness (QED) is 0.870. The Balaban J connectivity index is 1.40. The molecule has 2 aliphatic rings. The number of pyridine rings is 2. The van der Waals surface area contributed by atoms with Gasteiger partial charge in [-0.1, -0.05) is 6.07 Å². The molecule has 22 heavy (non-hydrogen) atoms. The number of nitrogens with zero attached hydrogens (tertiary/aromatic N) is 3. The predicted octanol–water partition coefficient (Wildman–Crippen LogP) is 2.29. The molecule has 5 heteroatoms. The van der Waals surface area contributed by atoms with E-state index in [1.165, 1.54) is 0 Å². The maximum Gasteiger partial charge on any atom is 0.138 e. The van der Waals surface area contributed by atoms with E-state index < -0.39 is 0 Å². The third-order valence-electron chi connectivity index (χ3n) is 4.40. The van der Waals surface area contributed by atoms with Crippen molar-refractivity contribution >= 4 is 5.82 Å². The largest absolute Gasteiger partial charge is 0.486 e. The van der Waals surface area contributed by atoms with Crippen molar-refractivity contribution in [2.45, 2.75) is 24.5 Å². The Morgan fingerprint density at radius 1 is 1.23 bits per heavy atom. The van der Waals surface area contributed by atoms with E-state index in [0.717, 1.165) is 37.5 Å². The molecular formula is C17H19N3O2. The highest BCUT2D eigenvalue weighted by atomic mass is 16.6. The second kappa shape index (κ2) is 5.57. The highest BCUT2D eigenvalue weighted by molar-refractivity contribution is 5.40. The number of hydrogen-bond donors (Lipinski definition) is 0. The van der Waals surface area contributed by atoms with Crippen LogP contribution in [0.4, 0.5) is 5.82 Å². The maximum atomic E-state index is 6.12. The maximum absolute atomic E-state index is 6.12. The minimum atomic E-state index is -0.0929. The highest BCUT2D eigenvalue weighted by Crippen LogP contribution is 2.37. The molecule has 2 saturated heterocycles. The van der Waals surface area contributed by atoms with E-state index in [9.17, 15) is 0 Å². The summed E-state index contributed by atoms with van der Waals surface area (Å²) in [5.41, 5.74) is -0.0929. The van der Waals surface area contributed by atoms with Crippen LogP contribution in [0, 0.1) is 0 Å². The minimum Gasteiger partial charge on any atom is -0.486 e. The van der Waals surface area contributed by atoms with Crippen LogP contribution in [0.25, 0.3) is 0 Å². The number of hydrogen-bond acceptors (Lipinski definition) is 5. The first kappa shape index (κ1) is 13.5. The molecule has 2 atom stereocenters. The minimum absolute atomic E-state index is 0.0929. The third kappa shape index (κ3) is 2.64. The molecule has 0 bridgehead atoms. The third-order valence-corrected chi connectivity index (χ3v) is 4.40. The summed E-state index contributed by atoms with van der Waals surface area (Å²) in [4.78, 5) is 10.8. The molecule has 5 nitrogen and oxygen atoms in total. The van der Waals surface area contributed by atoms with Gasteiger partial charge in [-0.15, -0.1) is 0 Å². The standard InChI is InChI=1S/C17H19N3O2/c1-2-8-19-16(5-1)20-9-6-17(13-20)10-15(12-21-17)22-14-4-3-7-18-11-14/h1-5,7-8,11,15H,6,9-10,12-13H2. The zero-order valence-electron chi connectivity index (χ0n) is 12.4. The van der Waals surface area contributed by atoms with Crippen LogP contribution in [0.2, 0.25) is 0 Å². The zero-order valence-corrected chi connectivity index (χ0v) is 12.4. The summed E-state index contributed by atoms with van der Waals surface area (Å²) in [5, 5.41) is 0. The van der Waals surface area contributed by atoms with Crippen molar-refractivity contribution in [2.24, 2.45) is 0 Å². The Labute approximate surface area is 129 Å². The van der Waals surface area contributed by atoms with Crippen LogP contribution in [0.15, 0.2) is 48.9 Å². The molecule has 0 saturated carbocycles. The van der Waals surface area contributed by atoms with Gasteiger partial charge in [0.05, 0.1) is 18.4 Å². The first-order valence-electron chi connectivity index (χ1n) is 7.70. The number of ether oxygens (including phenoxy) is 2. The van der Waals surface area contributed by atoms with E-state index in [2.05, 4.69) is 20.9 Å². The van der Waals surface area contributed by atoms with Crippen molar-refractivity contribution in [3.8, 4) is 5.75 Å². The fourth-order valence-electron chi connectivity index (χ4n) is 3.35. The lowest BCUT2D eigenvalue weighted by Gasteiger charge is -2.23. The van der Waals surface area contributed by atoms with Crippen molar-refractivity contribution < 1.29 is 9.47 Å². The van der Waals surface area contributed by atoms with Crippen molar-refractivity contribution in [2.75, 3.05) is 24.6 Å². The van der Waals surface area contributed by atoms with Crippen LogP contribution in [0.5, 0.6) is 5.75 Å². The summed E-state index contributed by atoms with van der Waals surface area (Å²) in [7, 11) is 0. The Bertz CT molecular complexity index is 622. The van der Waals surface area contributed by atoms with Crippen molar-refractivity contribution in [1.29, 1.82) is 0 Å². The summed E-state index contributed by atoms with van der Waals surface area (Å²) in [6, 6.07) is 9.85. The van der Waals surface area contributed by atoms with E-state index in [1.807, 2.05) is 30.5 Å². The SMILES string of the molecule is c1ccc(N2CCC3(CC(Oc4cccnc4)CO3)C2)nc1. The number of aromatic nitrogens is 2. The van der Waals surface area contributed by atoms with Crippen LogP contribution in [-0.2, 0) is 4.74 Å². The van der Waals surface area contributed by atoms with Gasteiger partial charge in [0.25, 0.3) is 0 Å². The molecule has 1 spiro atoms. The van der Waals surface area contributed by atoms with E-state index in [0.29, 0.717) is 6.61 Å². The van der Waals surface area contributed by atoms with Gasteiger partial charge in [-0.05, 0) is 30.7 Å². The molecule has 0 aliphatic carbocycles. The van der Waals surface area contributed by atoms with E-state index in [-0.39, 0.29) is 11.7 Å². The molecule has 0 N–H and O–H groups in total. The molecule has 2 fully saturated rings. The molecule has 114 valence electrons. The monoisotopic (exact) mass is 297 g/mol. The Morgan fingerprint density at radius 2 is 2.23 bits per heavy atom. The van der Waals surface area contributed by atoms with E-state index >= 15 is 0 Å². The molecule has 4 rings (SSSR count). The molecular weight excluding hydrogens is 278 g/mol. The molecule has 2 aromatic rings. The normalized spacial score (nSPS) is 27.5. The van der Waals surface area contributed by atoms with Crippen LogP contribution in [0.1, 0.15) is 12.8 Å². The second-order valence-corrected chi connectivity index (χ2v) is 5.99. The summed E-state index contributed by atoms with van der Waals surface area (Å²) in [6.45, 7) is 2.51. The van der Waals surface area contributed by atoms with E-state index in [1.54, 1.807) is 12.4 Å². The van der Waals surface area contributed by atoms with Crippen LogP contribution in [-0.4, -0.2) is 41.4 Å². The Morgan fingerprint density at radius 3 is 3.05 bits per heavy atom. The van der Waals surface area contributed by atoms with Gasteiger partial charge in [0.15, 0.2) is 0 Å². The fourth-order valence-corrected chi connectivity index (χ4v) is 3.35. The van der Waals surface area contributed by atoms with Gasteiger partial charge < -0.3 is 14.4 Å². The smallest absolute Gasteiger partial charge is 0.138 e. The number of anilines is 1. The van der Waals surface area contributed by atoms with E-state index in [4.69, 9.17) is 9.47 Å². The Kier molecular flexibility index (Phi) is 3.42. The lowest BCUT2D eigenvalue weighted by atomic mass is 9.98. The molecule has 2 aliphatic heterocycles. The fraction of sp³-hybridized carbons (Fsp3) is 0.412. The van der Waals surface area contributed by atoms with Crippen molar-refractivity contribution in [1.82, 2.24) is 9.97 Å². The molecule has 2 unspecified atom stereocenters. The summed E-state index contributed by atoms with van der Waals surface area (Å²) in [6.07, 6.45) is 7.39. The van der Waals surface area contributed by atoms with Gasteiger partial charge in [0, 0.05) is 31.9 Å². The topological polar surface area (TPSA) is 47.5 Å². The molecule has 0 amide bonds. The predicted molar refractivity (Wildman–Crippen MR) is 83.0 cm³/mol. The second-order valence-electron chi connectivity index (χ2n) is 5.99. The zero-order chi connectivity index (χ0) is 14.8. The van der Waals surface area contributed by atoms with Crippen LogP contribution < -0.4 is 9.64 Å². The van der Waals surface area contributed by atoms with Gasteiger partial charge in [-0.2, -0.15) is 0 Å². The van der Waals surface area contributed by atoms with Gasteiger partial charge in [-0.3, -0.25) is 4.98 Å². The lowest BCUT2D eigenvalue weighted by Crippen LogP contribution is -2.33. The summed E-state index contributed by atoms with van der Waals surface area (Å²) >= 11 is 0. The Hall–Kier alpha value is -2.14. The number of rotatable bonds is 3. The molecule has 4 heterocycles. The average molecular weight is 297 g/mol. The lowest BCUT2D eigenvalue weighted by molar-refractivity contribution is 0.0195. The summed E-state index contributed by atoms with van der Waals surface area (Å²) < 4.78 is 12.1. The molecule has 0 radical (unpaired) electrons. The van der Waals surface area contributed by atoms with Crippen molar-refractivity contribution in [3.63, 3.8) is 0 Å². The van der Waals surface area contributed by atoms with Gasteiger partial charge in [0.1, 0.15) is 17.7 Å². The van der Waals surface area contributed by atoms with Crippen LogP contribution >= 0.6 is 0 Å². The highest BCUT2D eigenvalue weighted by Gasteiger charge is 2.46. The first-order valence-corrected chi connectivity index (χ1v) is 7.70. The molecule has 0 aromatic carbocycles. The molecule has 2 aromatic heterocycles. The van der Waals surface area contributed by atoms with Gasteiger partial charge in [-0.25, -0.2) is 4.98 Å². The first-order chi connectivity index (χ1) is 10.8.